The van der Waals surface area contributed by atoms with Crippen LogP contribution >= 0.6 is 0 Å². The highest BCUT2D eigenvalue weighted by molar-refractivity contribution is 5.83. The first-order valence-corrected chi connectivity index (χ1v) is 11.3. The van der Waals surface area contributed by atoms with Crippen LogP contribution < -0.4 is 19.9 Å². The topological polar surface area (TPSA) is 97.7 Å². The molecule has 4 aromatic carbocycles. The molecule has 1 atom stereocenters. The molecule has 0 bridgehead atoms. The van der Waals surface area contributed by atoms with Gasteiger partial charge in [0.15, 0.2) is 11.5 Å². The second-order valence-electron chi connectivity index (χ2n) is 8.26. The number of ether oxygens (including phenoxy) is 3. The number of nitriles is 1. The maximum atomic E-state index is 9.88. The number of phenolic OH excluding ortho intramolecular Hbond substituents is 1. The molecule has 35 heavy (non-hydrogen) atoms. The monoisotopic (exact) mass is 464 g/mol. The third-order valence-corrected chi connectivity index (χ3v) is 6.01. The van der Waals surface area contributed by atoms with Crippen molar-refractivity contribution in [3.8, 4) is 29.1 Å². The Morgan fingerprint density at radius 2 is 1.77 bits per heavy atom. The van der Waals surface area contributed by atoms with Crippen molar-refractivity contribution in [2.45, 2.75) is 19.4 Å². The second-order valence-corrected chi connectivity index (χ2v) is 8.26. The standard InChI is InChI=1S/C29H24N2O4/c1-2-33-27-14-21(28-23-11-10-22(32)15-26(23)35-29(31)24(28)16-30)9-12-25(27)34-17-18-7-8-19-5-3-4-6-20(19)13-18/h3-15,28,32H,2,17,31H2,1H3/t28-/m1/s1. The van der Waals surface area contributed by atoms with Crippen LogP contribution in [0.25, 0.3) is 10.8 Å². The lowest BCUT2D eigenvalue weighted by Gasteiger charge is -2.27. The molecule has 4 aromatic rings. The largest absolute Gasteiger partial charge is 0.508 e. The predicted molar refractivity (Wildman–Crippen MR) is 133 cm³/mol. The number of hydrogen-bond donors (Lipinski definition) is 2. The van der Waals surface area contributed by atoms with E-state index in [1.807, 2.05) is 37.3 Å². The lowest BCUT2D eigenvalue weighted by atomic mass is 9.83. The molecular formula is C29H24N2O4. The molecule has 174 valence electrons. The lowest BCUT2D eigenvalue weighted by molar-refractivity contribution is 0.269. The van der Waals surface area contributed by atoms with Gasteiger partial charge in [-0.3, -0.25) is 0 Å². The van der Waals surface area contributed by atoms with Gasteiger partial charge in [0.1, 0.15) is 29.7 Å². The summed E-state index contributed by atoms with van der Waals surface area (Å²) in [6.07, 6.45) is 0. The van der Waals surface area contributed by atoms with E-state index in [-0.39, 0.29) is 11.6 Å². The number of allylic oxidation sites excluding steroid dienone is 1. The molecule has 0 amide bonds. The van der Waals surface area contributed by atoms with Gasteiger partial charge in [0.2, 0.25) is 5.88 Å². The second kappa shape index (κ2) is 9.32. The Hall–Kier alpha value is -4.63. The van der Waals surface area contributed by atoms with Crippen molar-refractivity contribution in [3.05, 3.63) is 107 Å². The number of rotatable bonds is 6. The lowest BCUT2D eigenvalue weighted by Crippen LogP contribution is -2.21. The molecule has 0 unspecified atom stereocenters. The van der Waals surface area contributed by atoms with Gasteiger partial charge in [0, 0.05) is 11.6 Å². The van der Waals surface area contributed by atoms with E-state index < -0.39 is 5.92 Å². The molecule has 3 N–H and O–H groups in total. The minimum absolute atomic E-state index is 0.0187. The molecule has 1 aliphatic rings. The number of aromatic hydroxyl groups is 1. The van der Waals surface area contributed by atoms with Crippen molar-refractivity contribution < 1.29 is 19.3 Å². The molecule has 6 nitrogen and oxygen atoms in total. The molecule has 0 aliphatic carbocycles. The van der Waals surface area contributed by atoms with Crippen LogP contribution in [0.3, 0.4) is 0 Å². The van der Waals surface area contributed by atoms with E-state index >= 15 is 0 Å². The van der Waals surface area contributed by atoms with Gasteiger partial charge in [0.25, 0.3) is 0 Å². The first kappa shape index (κ1) is 22.2. The van der Waals surface area contributed by atoms with E-state index in [0.29, 0.717) is 36.0 Å². The van der Waals surface area contributed by atoms with E-state index in [1.165, 1.54) is 11.5 Å². The van der Waals surface area contributed by atoms with Crippen LogP contribution in [0.5, 0.6) is 23.0 Å². The summed E-state index contributed by atoms with van der Waals surface area (Å²) < 4.78 is 17.7. The molecule has 6 heteroatoms. The van der Waals surface area contributed by atoms with Gasteiger partial charge >= 0.3 is 0 Å². The maximum Gasteiger partial charge on any atom is 0.205 e. The zero-order chi connectivity index (χ0) is 24.4. The molecular weight excluding hydrogens is 440 g/mol. The van der Waals surface area contributed by atoms with Crippen molar-refractivity contribution in [3.63, 3.8) is 0 Å². The number of fused-ring (bicyclic) bond motifs is 2. The molecule has 0 saturated heterocycles. The Kier molecular flexibility index (Phi) is 5.90. The van der Waals surface area contributed by atoms with E-state index in [0.717, 1.165) is 22.1 Å². The highest BCUT2D eigenvalue weighted by atomic mass is 16.5. The van der Waals surface area contributed by atoms with Gasteiger partial charge in [-0.15, -0.1) is 0 Å². The van der Waals surface area contributed by atoms with Crippen LogP contribution in [0.1, 0.15) is 29.5 Å². The normalized spacial score (nSPS) is 14.7. The van der Waals surface area contributed by atoms with E-state index in [4.69, 9.17) is 19.9 Å². The average molecular weight is 465 g/mol. The Labute approximate surface area is 203 Å². The minimum Gasteiger partial charge on any atom is -0.508 e. The van der Waals surface area contributed by atoms with Crippen molar-refractivity contribution in [2.75, 3.05) is 6.61 Å². The zero-order valence-corrected chi connectivity index (χ0v) is 19.2. The summed E-state index contributed by atoms with van der Waals surface area (Å²) in [5, 5.41) is 22.0. The summed E-state index contributed by atoms with van der Waals surface area (Å²) in [5.74, 6) is 1.22. The fourth-order valence-electron chi connectivity index (χ4n) is 4.37. The minimum atomic E-state index is -0.460. The maximum absolute atomic E-state index is 9.88. The average Bonchev–Trinajstić information content (AvgIpc) is 2.87. The van der Waals surface area contributed by atoms with Crippen LogP contribution in [0.15, 0.2) is 90.3 Å². The van der Waals surface area contributed by atoms with Crippen LogP contribution in [0, 0.1) is 11.3 Å². The Balaban J connectivity index is 1.48. The summed E-state index contributed by atoms with van der Waals surface area (Å²) >= 11 is 0. The van der Waals surface area contributed by atoms with Crippen molar-refractivity contribution in [1.29, 1.82) is 5.26 Å². The van der Waals surface area contributed by atoms with Gasteiger partial charge < -0.3 is 25.1 Å². The molecule has 1 aliphatic heterocycles. The van der Waals surface area contributed by atoms with Crippen LogP contribution in [-0.2, 0) is 6.61 Å². The number of nitrogens with two attached hydrogens (primary N) is 1. The molecule has 0 aromatic heterocycles. The van der Waals surface area contributed by atoms with Crippen LogP contribution in [-0.4, -0.2) is 11.7 Å². The first-order valence-electron chi connectivity index (χ1n) is 11.3. The summed E-state index contributed by atoms with van der Waals surface area (Å²) in [4.78, 5) is 0. The summed E-state index contributed by atoms with van der Waals surface area (Å²) in [6, 6.07) is 27.1. The Morgan fingerprint density at radius 3 is 2.57 bits per heavy atom. The molecule has 0 saturated carbocycles. The summed E-state index contributed by atoms with van der Waals surface area (Å²) in [6.45, 7) is 2.75. The van der Waals surface area contributed by atoms with E-state index in [2.05, 4.69) is 36.4 Å². The zero-order valence-electron chi connectivity index (χ0n) is 19.2. The van der Waals surface area contributed by atoms with Gasteiger partial charge in [-0.25, -0.2) is 0 Å². The fourth-order valence-corrected chi connectivity index (χ4v) is 4.37. The SMILES string of the molecule is CCOc1cc([C@H]2C(C#N)=C(N)Oc3cc(O)ccc32)ccc1OCc1ccc2ccccc2c1. The highest BCUT2D eigenvalue weighted by Crippen LogP contribution is 2.45. The number of nitrogens with zero attached hydrogens (tertiary/aromatic N) is 1. The molecule has 0 fully saturated rings. The van der Waals surface area contributed by atoms with Gasteiger partial charge in [-0.05, 0) is 53.1 Å². The highest BCUT2D eigenvalue weighted by Gasteiger charge is 2.31. The van der Waals surface area contributed by atoms with Gasteiger partial charge in [-0.2, -0.15) is 5.26 Å². The molecule has 0 radical (unpaired) electrons. The number of phenols is 1. The first-order chi connectivity index (χ1) is 17.1. The van der Waals surface area contributed by atoms with Crippen molar-refractivity contribution in [1.82, 2.24) is 0 Å². The smallest absolute Gasteiger partial charge is 0.205 e. The van der Waals surface area contributed by atoms with E-state index in [9.17, 15) is 10.4 Å². The number of benzene rings is 4. The number of hydrogen-bond acceptors (Lipinski definition) is 6. The van der Waals surface area contributed by atoms with Gasteiger partial charge in [0.05, 0.1) is 12.5 Å². The molecule has 1 heterocycles. The van der Waals surface area contributed by atoms with Crippen molar-refractivity contribution >= 4 is 10.8 Å². The summed E-state index contributed by atoms with van der Waals surface area (Å²) in [7, 11) is 0. The van der Waals surface area contributed by atoms with Gasteiger partial charge in [-0.1, -0.05) is 48.5 Å². The third-order valence-electron chi connectivity index (χ3n) is 6.01. The Morgan fingerprint density at radius 1 is 0.943 bits per heavy atom. The predicted octanol–water partition coefficient (Wildman–Crippen LogP) is 5.74. The van der Waals surface area contributed by atoms with Crippen LogP contribution in [0.4, 0.5) is 0 Å². The van der Waals surface area contributed by atoms with Crippen LogP contribution in [0.2, 0.25) is 0 Å². The molecule has 0 spiro atoms. The third kappa shape index (κ3) is 4.32. The van der Waals surface area contributed by atoms with Crippen molar-refractivity contribution in [2.24, 2.45) is 5.73 Å². The van der Waals surface area contributed by atoms with E-state index in [1.54, 1.807) is 12.1 Å². The fraction of sp³-hybridized carbons (Fsp3) is 0.138. The quantitative estimate of drug-likeness (QED) is 0.378. The molecule has 5 rings (SSSR count). The Bertz CT molecular complexity index is 1490. The summed E-state index contributed by atoms with van der Waals surface area (Å²) in [5.41, 5.74) is 8.95.